The molecule has 0 spiro atoms. The van der Waals surface area contributed by atoms with E-state index < -0.39 is 17.3 Å². The second kappa shape index (κ2) is 7.87. The van der Waals surface area contributed by atoms with Gasteiger partial charge in [0.2, 0.25) is 0 Å². The zero-order chi connectivity index (χ0) is 22.7. The van der Waals surface area contributed by atoms with Gasteiger partial charge in [0.1, 0.15) is 5.56 Å². The zero-order valence-corrected chi connectivity index (χ0v) is 19.1. The maximum atomic E-state index is 15.7. The summed E-state index contributed by atoms with van der Waals surface area (Å²) in [6.07, 6.45) is 7.79. The Hall–Kier alpha value is -2.41. The van der Waals surface area contributed by atoms with Crippen LogP contribution in [0, 0.1) is 24.6 Å². The van der Waals surface area contributed by atoms with Crippen LogP contribution in [0.1, 0.15) is 65.9 Å². The third-order valence-electron chi connectivity index (χ3n) is 7.71. The van der Waals surface area contributed by atoms with Crippen molar-refractivity contribution >= 4 is 17.2 Å². The Bertz CT molecular complexity index is 1140. The molecule has 6 nitrogen and oxygen atoms in total. The predicted molar refractivity (Wildman–Crippen MR) is 122 cm³/mol. The zero-order valence-electron chi connectivity index (χ0n) is 19.1. The number of carbonyl (C=O) groups is 1. The molecule has 1 saturated heterocycles. The van der Waals surface area contributed by atoms with Crippen LogP contribution in [-0.2, 0) is 0 Å². The molecule has 0 amide bonds. The Morgan fingerprint density at radius 2 is 2.00 bits per heavy atom. The minimum absolute atomic E-state index is 0.239. The standard InChI is InChI=1S/C25H32FN3O3/c1-14-22-18(16-7-8-16)10-19(25(31)32)24(30)29(22)13-20(26)23(14)28-12-15(11-27(2)3)9-17-5-4-6-21(17)28/h10,13,15-17,21H,4-9,11-12H2,1-3H3,(H,31,32). The van der Waals surface area contributed by atoms with Crippen molar-refractivity contribution in [2.45, 2.75) is 57.4 Å². The third kappa shape index (κ3) is 3.51. The molecule has 0 radical (unpaired) electrons. The second-order valence-electron chi connectivity index (χ2n) is 10.3. The first-order chi connectivity index (χ1) is 15.3. The molecule has 32 heavy (non-hydrogen) atoms. The monoisotopic (exact) mass is 441 g/mol. The molecule has 1 aliphatic heterocycles. The van der Waals surface area contributed by atoms with E-state index in [1.807, 2.05) is 6.92 Å². The minimum atomic E-state index is -1.26. The van der Waals surface area contributed by atoms with Crippen LogP contribution in [0.3, 0.4) is 0 Å². The van der Waals surface area contributed by atoms with Crippen LogP contribution < -0.4 is 10.5 Å². The van der Waals surface area contributed by atoms with Gasteiger partial charge in [0.05, 0.1) is 17.4 Å². The Morgan fingerprint density at radius 3 is 2.66 bits per heavy atom. The quantitative estimate of drug-likeness (QED) is 0.763. The van der Waals surface area contributed by atoms with Crippen molar-refractivity contribution in [2.24, 2.45) is 11.8 Å². The number of pyridine rings is 2. The van der Waals surface area contributed by atoms with Crippen molar-refractivity contribution < 1.29 is 14.3 Å². The van der Waals surface area contributed by atoms with Crippen LogP contribution in [0.4, 0.5) is 10.1 Å². The van der Waals surface area contributed by atoms with Crippen LogP contribution in [0.5, 0.6) is 0 Å². The van der Waals surface area contributed by atoms with Gasteiger partial charge in [0.15, 0.2) is 5.82 Å². The number of hydrogen-bond donors (Lipinski definition) is 1. The van der Waals surface area contributed by atoms with Gasteiger partial charge in [-0.25, -0.2) is 9.18 Å². The Morgan fingerprint density at radius 1 is 1.25 bits per heavy atom. The minimum Gasteiger partial charge on any atom is -0.477 e. The summed E-state index contributed by atoms with van der Waals surface area (Å²) in [5, 5.41) is 9.53. The Kier molecular flexibility index (Phi) is 5.27. The molecule has 2 aliphatic carbocycles. The lowest BCUT2D eigenvalue weighted by atomic mass is 9.84. The van der Waals surface area contributed by atoms with Gasteiger partial charge in [-0.3, -0.25) is 9.20 Å². The molecule has 1 N–H and O–H groups in total. The lowest BCUT2D eigenvalue weighted by Crippen LogP contribution is -2.49. The fraction of sp³-hybridized carbons (Fsp3) is 0.600. The first-order valence-corrected chi connectivity index (χ1v) is 11.8. The summed E-state index contributed by atoms with van der Waals surface area (Å²) in [5.41, 5.74) is 1.99. The number of aromatic carboxylic acids is 1. The van der Waals surface area contributed by atoms with Crippen LogP contribution in [-0.4, -0.2) is 53.6 Å². The third-order valence-corrected chi connectivity index (χ3v) is 7.71. The maximum Gasteiger partial charge on any atom is 0.341 e. The van der Waals surface area contributed by atoms with Gasteiger partial charge < -0.3 is 14.9 Å². The summed E-state index contributed by atoms with van der Waals surface area (Å²) in [4.78, 5) is 29.1. The van der Waals surface area contributed by atoms with Crippen molar-refractivity contribution in [3.8, 4) is 0 Å². The lowest BCUT2D eigenvalue weighted by Gasteiger charge is -2.45. The number of nitrogens with zero attached hydrogens (tertiary/aromatic N) is 3. The smallest absolute Gasteiger partial charge is 0.341 e. The van der Waals surface area contributed by atoms with Crippen molar-refractivity contribution in [1.29, 1.82) is 0 Å². The summed E-state index contributed by atoms with van der Waals surface area (Å²) >= 11 is 0. The topological polar surface area (TPSA) is 65.3 Å². The van der Waals surface area contributed by atoms with Crippen LogP contribution in [0.15, 0.2) is 17.1 Å². The number of rotatable bonds is 5. The van der Waals surface area contributed by atoms with E-state index in [4.69, 9.17) is 0 Å². The number of piperidine rings is 1. The molecular weight excluding hydrogens is 409 g/mol. The molecule has 3 heterocycles. The van der Waals surface area contributed by atoms with E-state index >= 15 is 4.39 Å². The molecule has 3 unspecified atom stereocenters. The molecule has 2 aromatic rings. The van der Waals surface area contributed by atoms with E-state index in [-0.39, 0.29) is 11.5 Å². The highest BCUT2D eigenvalue weighted by Crippen LogP contribution is 2.46. The molecule has 172 valence electrons. The van der Waals surface area contributed by atoms with E-state index in [0.717, 1.165) is 43.5 Å². The maximum absolute atomic E-state index is 15.7. The highest BCUT2D eigenvalue weighted by molar-refractivity contribution is 5.89. The number of fused-ring (bicyclic) bond motifs is 2. The molecule has 2 aromatic heterocycles. The summed E-state index contributed by atoms with van der Waals surface area (Å²) in [6.45, 7) is 3.69. The first kappa shape index (κ1) is 21.4. The van der Waals surface area contributed by atoms with E-state index in [0.29, 0.717) is 29.1 Å². The molecule has 7 heteroatoms. The van der Waals surface area contributed by atoms with Crippen LogP contribution >= 0.6 is 0 Å². The molecule has 0 bridgehead atoms. The second-order valence-corrected chi connectivity index (χ2v) is 10.3. The van der Waals surface area contributed by atoms with Crippen LogP contribution in [0.2, 0.25) is 0 Å². The van der Waals surface area contributed by atoms with Gasteiger partial charge in [-0.1, -0.05) is 6.42 Å². The molecule has 3 aliphatic rings. The average Bonchev–Trinajstić information content (AvgIpc) is 3.45. The molecule has 3 fully saturated rings. The summed E-state index contributed by atoms with van der Waals surface area (Å²) < 4.78 is 17.0. The van der Waals surface area contributed by atoms with Gasteiger partial charge >= 0.3 is 5.97 Å². The van der Waals surface area contributed by atoms with Gasteiger partial charge in [-0.2, -0.15) is 0 Å². The van der Waals surface area contributed by atoms with E-state index in [1.165, 1.54) is 35.9 Å². The first-order valence-electron chi connectivity index (χ1n) is 11.8. The summed E-state index contributed by atoms with van der Waals surface area (Å²) in [7, 11) is 4.17. The van der Waals surface area contributed by atoms with Crippen molar-refractivity contribution in [3.63, 3.8) is 0 Å². The highest BCUT2D eigenvalue weighted by Gasteiger charge is 2.41. The molecule has 2 saturated carbocycles. The largest absolute Gasteiger partial charge is 0.477 e. The molecular formula is C25H32FN3O3. The van der Waals surface area contributed by atoms with Crippen LogP contribution in [0.25, 0.3) is 5.52 Å². The predicted octanol–water partition coefficient (Wildman–Crippen LogP) is 3.88. The molecule has 3 atom stereocenters. The summed E-state index contributed by atoms with van der Waals surface area (Å²) in [6, 6.07) is 1.87. The Balaban J connectivity index is 1.69. The normalized spacial score (nSPS) is 25.5. The highest BCUT2D eigenvalue weighted by atomic mass is 19.1. The number of aryl methyl sites for hydroxylation is 1. The Labute approximate surface area is 187 Å². The lowest BCUT2D eigenvalue weighted by molar-refractivity contribution is 0.0694. The number of hydrogen-bond acceptors (Lipinski definition) is 4. The van der Waals surface area contributed by atoms with Crippen molar-refractivity contribution in [2.75, 3.05) is 32.1 Å². The molecule has 5 rings (SSSR count). The van der Waals surface area contributed by atoms with Crippen molar-refractivity contribution in [3.05, 3.63) is 45.1 Å². The fourth-order valence-corrected chi connectivity index (χ4v) is 6.38. The number of halogens is 1. The summed E-state index contributed by atoms with van der Waals surface area (Å²) in [5.74, 6) is -0.410. The van der Waals surface area contributed by atoms with Gasteiger partial charge in [-0.05, 0) is 88.1 Å². The van der Waals surface area contributed by atoms with Crippen molar-refractivity contribution in [1.82, 2.24) is 9.30 Å². The number of anilines is 1. The van der Waals surface area contributed by atoms with E-state index in [2.05, 4.69) is 23.9 Å². The fourth-order valence-electron chi connectivity index (χ4n) is 6.38. The van der Waals surface area contributed by atoms with Gasteiger partial charge in [0.25, 0.3) is 5.56 Å². The van der Waals surface area contributed by atoms with Gasteiger partial charge in [0, 0.05) is 19.1 Å². The molecule has 0 aromatic carbocycles. The average molecular weight is 442 g/mol. The number of aromatic nitrogens is 1. The SMILES string of the molecule is Cc1c(N2CC(CN(C)C)CC3CCCC32)c(F)cn2c(=O)c(C(=O)O)cc(C3CC3)c12. The van der Waals surface area contributed by atoms with Gasteiger partial charge in [-0.15, -0.1) is 0 Å². The van der Waals surface area contributed by atoms with E-state index in [1.54, 1.807) is 0 Å². The number of carboxylic acids is 1. The van der Waals surface area contributed by atoms with E-state index in [9.17, 15) is 14.7 Å². The number of carboxylic acid groups (broad SMARTS) is 1.